The van der Waals surface area contributed by atoms with E-state index in [1.54, 1.807) is 19.0 Å². The molecule has 0 radical (unpaired) electrons. The van der Waals surface area contributed by atoms with Gasteiger partial charge in [0, 0.05) is 20.4 Å². The molecule has 0 saturated heterocycles. The minimum atomic E-state index is -3.49. The summed E-state index contributed by atoms with van der Waals surface area (Å²) in [6, 6.07) is 0. The Kier molecular flexibility index (Phi) is 2.70. The first-order valence-electron chi connectivity index (χ1n) is 4.59. The van der Waals surface area contributed by atoms with Gasteiger partial charge in [-0.2, -0.15) is 15.0 Å². The van der Waals surface area contributed by atoms with Gasteiger partial charge in [0.25, 0.3) is 5.16 Å². The number of rotatable bonds is 2. The number of nitrogens with zero attached hydrogens (tertiary/aromatic N) is 4. The van der Waals surface area contributed by atoms with Gasteiger partial charge in [-0.05, 0) is 11.6 Å². The van der Waals surface area contributed by atoms with Crippen LogP contribution in [0, 0.1) is 0 Å². The molecule has 7 nitrogen and oxygen atoms in total. The third-order valence-electron chi connectivity index (χ3n) is 2.04. The monoisotopic (exact) mass is 275 g/mol. The summed E-state index contributed by atoms with van der Waals surface area (Å²) in [7, 11) is -0.00957. The third kappa shape index (κ3) is 2.18. The van der Waals surface area contributed by atoms with E-state index >= 15 is 0 Å². The van der Waals surface area contributed by atoms with Crippen LogP contribution in [-0.2, 0) is 9.84 Å². The SMILES string of the molecule is CN(C)c1nc(S(C)(=O)=O)nc2nc(Cl)[nH]c12. The zero-order valence-corrected chi connectivity index (χ0v) is 11.0. The first kappa shape index (κ1) is 12.1. The molecule has 92 valence electrons. The molecule has 0 spiro atoms. The Balaban J connectivity index is 2.85. The molecule has 0 aliphatic rings. The maximum Gasteiger partial charge on any atom is 0.250 e. The number of H-pyrrole nitrogens is 1. The molecule has 9 heteroatoms. The van der Waals surface area contributed by atoms with Gasteiger partial charge in [-0.25, -0.2) is 8.42 Å². The van der Waals surface area contributed by atoms with Gasteiger partial charge in [-0.3, -0.25) is 0 Å². The van der Waals surface area contributed by atoms with Crippen LogP contribution in [0.15, 0.2) is 5.16 Å². The highest BCUT2D eigenvalue weighted by Crippen LogP contribution is 2.23. The first-order valence-corrected chi connectivity index (χ1v) is 6.86. The maximum atomic E-state index is 11.4. The Bertz CT molecular complexity index is 679. The fraction of sp³-hybridized carbons (Fsp3) is 0.375. The molecule has 1 N–H and O–H groups in total. The van der Waals surface area contributed by atoms with Crippen molar-refractivity contribution in [2.24, 2.45) is 0 Å². The molecule has 0 amide bonds. The van der Waals surface area contributed by atoms with Crippen LogP contribution in [-0.4, -0.2) is 48.7 Å². The second-order valence-corrected chi connectivity index (χ2v) is 5.99. The summed E-state index contributed by atoms with van der Waals surface area (Å²) in [4.78, 5) is 16.2. The lowest BCUT2D eigenvalue weighted by atomic mass is 10.5. The van der Waals surface area contributed by atoms with Crippen LogP contribution < -0.4 is 4.90 Å². The predicted molar refractivity (Wildman–Crippen MR) is 64.1 cm³/mol. The number of hydrogen-bond acceptors (Lipinski definition) is 6. The Labute approximate surface area is 103 Å². The van der Waals surface area contributed by atoms with Crippen LogP contribution in [0.5, 0.6) is 0 Å². The van der Waals surface area contributed by atoms with E-state index in [4.69, 9.17) is 11.6 Å². The van der Waals surface area contributed by atoms with E-state index in [9.17, 15) is 8.42 Å². The van der Waals surface area contributed by atoms with E-state index < -0.39 is 9.84 Å². The van der Waals surface area contributed by atoms with E-state index in [-0.39, 0.29) is 16.1 Å². The maximum absolute atomic E-state index is 11.4. The van der Waals surface area contributed by atoms with E-state index in [0.717, 1.165) is 6.26 Å². The van der Waals surface area contributed by atoms with Crippen LogP contribution in [0.25, 0.3) is 11.2 Å². The summed E-state index contributed by atoms with van der Waals surface area (Å²) in [6.45, 7) is 0. The number of aromatic amines is 1. The normalized spacial score (nSPS) is 12.0. The summed E-state index contributed by atoms with van der Waals surface area (Å²) in [5, 5.41) is -0.125. The molecule has 17 heavy (non-hydrogen) atoms. The Morgan fingerprint density at radius 3 is 2.41 bits per heavy atom. The lowest BCUT2D eigenvalue weighted by molar-refractivity contribution is 0.593. The van der Waals surface area contributed by atoms with Crippen molar-refractivity contribution in [3.05, 3.63) is 5.28 Å². The van der Waals surface area contributed by atoms with Gasteiger partial charge in [0.15, 0.2) is 11.5 Å². The molecule has 2 rings (SSSR count). The van der Waals surface area contributed by atoms with Crippen LogP contribution in [0.2, 0.25) is 5.28 Å². The van der Waals surface area contributed by atoms with Gasteiger partial charge in [0.2, 0.25) is 15.1 Å². The molecule has 2 aromatic rings. The van der Waals surface area contributed by atoms with E-state index in [0.29, 0.717) is 11.3 Å². The lowest BCUT2D eigenvalue weighted by Crippen LogP contribution is -2.14. The van der Waals surface area contributed by atoms with Crippen molar-refractivity contribution in [1.82, 2.24) is 19.9 Å². The highest BCUT2D eigenvalue weighted by atomic mass is 35.5. The topological polar surface area (TPSA) is 91.8 Å². The molecular weight excluding hydrogens is 266 g/mol. The van der Waals surface area contributed by atoms with Gasteiger partial charge in [-0.15, -0.1) is 0 Å². The molecular formula is C8H10ClN5O2S. The van der Waals surface area contributed by atoms with Gasteiger partial charge >= 0.3 is 0 Å². The van der Waals surface area contributed by atoms with E-state index in [1.165, 1.54) is 0 Å². The molecule has 0 aliphatic carbocycles. The molecule has 0 aromatic carbocycles. The van der Waals surface area contributed by atoms with Crippen molar-refractivity contribution in [2.45, 2.75) is 5.16 Å². The van der Waals surface area contributed by atoms with Crippen LogP contribution in [0.4, 0.5) is 5.82 Å². The second kappa shape index (κ2) is 3.81. The Morgan fingerprint density at radius 1 is 1.24 bits per heavy atom. The highest BCUT2D eigenvalue weighted by molar-refractivity contribution is 7.90. The fourth-order valence-corrected chi connectivity index (χ4v) is 2.00. The predicted octanol–water partition coefficient (Wildman–Crippen LogP) is 0.476. The third-order valence-corrected chi connectivity index (χ3v) is 3.06. The minimum absolute atomic E-state index is 0.142. The standard InChI is InChI=1S/C8H10ClN5O2S/c1-14(2)6-4-5(11-7(9)10-4)12-8(13-6)17(3,15)16/h1-3H3,(H,10,11,12,13). The van der Waals surface area contributed by atoms with Crippen molar-refractivity contribution in [1.29, 1.82) is 0 Å². The molecule has 0 unspecified atom stereocenters. The number of nitrogens with one attached hydrogen (secondary N) is 1. The molecule has 0 aliphatic heterocycles. The molecule has 0 saturated carbocycles. The number of anilines is 1. The number of hydrogen-bond donors (Lipinski definition) is 1. The quantitative estimate of drug-likeness (QED) is 0.633. The van der Waals surface area contributed by atoms with Crippen LogP contribution in [0.3, 0.4) is 0 Å². The smallest absolute Gasteiger partial charge is 0.250 e. The Hall–Kier alpha value is -1.41. The summed E-state index contributed by atoms with van der Waals surface area (Å²) >= 11 is 5.72. The van der Waals surface area contributed by atoms with Gasteiger partial charge in [-0.1, -0.05) is 0 Å². The lowest BCUT2D eigenvalue weighted by Gasteiger charge is -2.12. The zero-order valence-electron chi connectivity index (χ0n) is 9.39. The van der Waals surface area contributed by atoms with Crippen molar-refractivity contribution < 1.29 is 8.42 Å². The van der Waals surface area contributed by atoms with Crippen LogP contribution in [0.1, 0.15) is 0 Å². The summed E-state index contributed by atoms with van der Waals surface area (Å²) in [6.07, 6.45) is 1.04. The number of sulfone groups is 1. The number of imidazole rings is 1. The van der Waals surface area contributed by atoms with E-state index in [1.807, 2.05) is 0 Å². The van der Waals surface area contributed by atoms with Crippen molar-refractivity contribution in [2.75, 3.05) is 25.3 Å². The van der Waals surface area contributed by atoms with Crippen molar-refractivity contribution in [3.63, 3.8) is 0 Å². The molecule has 0 atom stereocenters. The average Bonchev–Trinajstić information content (AvgIpc) is 2.54. The van der Waals surface area contributed by atoms with Gasteiger partial charge in [0.1, 0.15) is 5.52 Å². The summed E-state index contributed by atoms with van der Waals surface area (Å²) in [5.41, 5.74) is 0.738. The molecule has 2 aromatic heterocycles. The molecule has 2 heterocycles. The minimum Gasteiger partial charge on any atom is -0.361 e. The van der Waals surface area contributed by atoms with Crippen LogP contribution >= 0.6 is 11.6 Å². The van der Waals surface area contributed by atoms with Gasteiger partial charge < -0.3 is 9.88 Å². The average molecular weight is 276 g/mol. The number of halogens is 1. The van der Waals surface area contributed by atoms with Gasteiger partial charge in [0.05, 0.1) is 0 Å². The first-order chi connectivity index (χ1) is 7.79. The summed E-state index contributed by atoms with van der Waals surface area (Å²) < 4.78 is 22.9. The summed E-state index contributed by atoms with van der Waals surface area (Å²) in [5.74, 6) is 0.426. The van der Waals surface area contributed by atoms with E-state index in [2.05, 4.69) is 19.9 Å². The number of fused-ring (bicyclic) bond motifs is 1. The fourth-order valence-electron chi connectivity index (χ4n) is 1.32. The Morgan fingerprint density at radius 2 is 1.88 bits per heavy atom. The highest BCUT2D eigenvalue weighted by Gasteiger charge is 2.18. The second-order valence-electron chi connectivity index (χ2n) is 3.72. The zero-order chi connectivity index (χ0) is 12.8. The molecule has 0 bridgehead atoms. The van der Waals surface area contributed by atoms with Crippen molar-refractivity contribution in [3.8, 4) is 0 Å². The van der Waals surface area contributed by atoms with Crippen molar-refractivity contribution >= 4 is 38.4 Å². The molecule has 0 fully saturated rings. The number of aromatic nitrogens is 4. The largest absolute Gasteiger partial charge is 0.361 e.